The molecule has 0 radical (unpaired) electrons. The Kier molecular flexibility index (Phi) is 1.26. The lowest BCUT2D eigenvalue weighted by atomic mass is 10.1. The summed E-state index contributed by atoms with van der Waals surface area (Å²) in [5, 5.41) is 8.52. The molecule has 1 aromatic rings. The topological polar surface area (TPSA) is 23.8 Å². The van der Waals surface area contributed by atoms with Gasteiger partial charge in [-0.1, -0.05) is 18.2 Å². The number of nitriles is 1. The molecule has 1 heteroatoms. The Bertz CT molecular complexity index is 338. The van der Waals surface area contributed by atoms with Gasteiger partial charge in [-0.2, -0.15) is 5.26 Å². The van der Waals surface area contributed by atoms with Gasteiger partial charge in [-0.25, -0.2) is 0 Å². The summed E-state index contributed by atoms with van der Waals surface area (Å²) < 4.78 is 0. The monoisotopic (exact) mass is 141 g/mol. The molecule has 11 heavy (non-hydrogen) atoms. The van der Waals surface area contributed by atoms with Crippen LogP contribution in [0.1, 0.15) is 17.5 Å². The molecule has 0 atom stereocenters. The fourth-order valence-electron chi connectivity index (χ4n) is 1.05. The van der Waals surface area contributed by atoms with Crippen LogP contribution < -0.4 is 0 Å². The van der Waals surface area contributed by atoms with E-state index in [2.05, 4.69) is 12.1 Å². The normalized spacial score (nSPS) is 13.5. The van der Waals surface area contributed by atoms with Crippen molar-refractivity contribution in [2.75, 3.05) is 0 Å². The van der Waals surface area contributed by atoms with E-state index >= 15 is 0 Å². The Morgan fingerprint density at radius 2 is 1.82 bits per heavy atom. The van der Waals surface area contributed by atoms with Crippen molar-refractivity contribution < 1.29 is 0 Å². The first kappa shape index (κ1) is 6.18. The Hall–Kier alpha value is -1.55. The van der Waals surface area contributed by atoms with Gasteiger partial charge in [-0.05, 0) is 29.7 Å². The maximum atomic E-state index is 8.52. The van der Waals surface area contributed by atoms with Gasteiger partial charge in [-0.15, -0.1) is 0 Å². The van der Waals surface area contributed by atoms with E-state index in [4.69, 9.17) is 5.26 Å². The van der Waals surface area contributed by atoms with Crippen LogP contribution in [0.4, 0.5) is 0 Å². The lowest BCUT2D eigenvalue weighted by Crippen LogP contribution is -1.75. The molecule has 52 valence electrons. The van der Waals surface area contributed by atoms with Crippen molar-refractivity contribution in [3.63, 3.8) is 0 Å². The zero-order valence-electron chi connectivity index (χ0n) is 6.04. The Labute approximate surface area is 65.6 Å². The van der Waals surface area contributed by atoms with Crippen LogP contribution >= 0.6 is 0 Å². The number of hydrogen-bond donors (Lipinski definition) is 0. The van der Waals surface area contributed by atoms with Crippen molar-refractivity contribution in [3.05, 3.63) is 41.5 Å². The Morgan fingerprint density at radius 3 is 2.27 bits per heavy atom. The van der Waals surface area contributed by atoms with Gasteiger partial charge in [-0.3, -0.25) is 0 Å². The Balaban J connectivity index is 2.35. The number of nitrogens with zero attached hydrogens (tertiary/aromatic N) is 1. The van der Waals surface area contributed by atoms with Crippen molar-refractivity contribution in [2.45, 2.75) is 6.42 Å². The maximum Gasteiger partial charge on any atom is 0.0991 e. The van der Waals surface area contributed by atoms with Crippen LogP contribution in [0.3, 0.4) is 0 Å². The first-order valence-corrected chi connectivity index (χ1v) is 3.60. The third-order valence-corrected chi connectivity index (χ3v) is 1.79. The van der Waals surface area contributed by atoms with E-state index in [1.165, 1.54) is 11.1 Å². The van der Waals surface area contributed by atoms with Crippen LogP contribution in [0.15, 0.2) is 30.3 Å². The van der Waals surface area contributed by atoms with E-state index in [-0.39, 0.29) is 0 Å². The molecule has 0 heterocycles. The van der Waals surface area contributed by atoms with Crippen molar-refractivity contribution in [1.82, 2.24) is 0 Å². The second kappa shape index (κ2) is 2.25. The van der Waals surface area contributed by atoms with Gasteiger partial charge in [0.25, 0.3) is 0 Å². The summed E-state index contributed by atoms with van der Waals surface area (Å²) in [6.45, 7) is 0. The summed E-state index contributed by atoms with van der Waals surface area (Å²) in [6.07, 6.45) is 3.30. The third-order valence-electron chi connectivity index (χ3n) is 1.79. The van der Waals surface area contributed by atoms with Gasteiger partial charge in [0, 0.05) is 0 Å². The van der Waals surface area contributed by atoms with Crippen molar-refractivity contribution in [3.8, 4) is 6.07 Å². The highest BCUT2D eigenvalue weighted by molar-refractivity contribution is 5.77. The number of allylic oxidation sites excluding steroid dienone is 2. The van der Waals surface area contributed by atoms with Gasteiger partial charge in [0.1, 0.15) is 0 Å². The highest BCUT2D eigenvalue weighted by Gasteiger charge is 2.08. The SMILES string of the molecule is N#Cc1ccc(C2=CC2)cc1. The molecule has 0 unspecified atom stereocenters. The van der Waals surface area contributed by atoms with Crippen molar-refractivity contribution in [2.24, 2.45) is 0 Å². The minimum atomic E-state index is 0.731. The molecule has 0 fully saturated rings. The van der Waals surface area contributed by atoms with Crippen LogP contribution in [-0.4, -0.2) is 0 Å². The third kappa shape index (κ3) is 1.15. The molecular weight excluding hydrogens is 134 g/mol. The van der Waals surface area contributed by atoms with Gasteiger partial charge < -0.3 is 0 Å². The average molecular weight is 141 g/mol. The summed E-state index contributed by atoms with van der Waals surface area (Å²) in [4.78, 5) is 0. The van der Waals surface area contributed by atoms with Crippen LogP contribution in [-0.2, 0) is 0 Å². The molecule has 0 amide bonds. The van der Waals surface area contributed by atoms with Crippen LogP contribution in [0.25, 0.3) is 5.57 Å². The van der Waals surface area contributed by atoms with E-state index in [0.29, 0.717) is 0 Å². The summed E-state index contributed by atoms with van der Waals surface area (Å²) in [7, 11) is 0. The average Bonchev–Trinajstić information content (AvgIpc) is 2.87. The lowest BCUT2D eigenvalue weighted by Gasteiger charge is -1.92. The second-order valence-electron chi connectivity index (χ2n) is 2.62. The molecule has 0 saturated heterocycles. The molecule has 1 aromatic carbocycles. The van der Waals surface area contributed by atoms with E-state index in [1.807, 2.05) is 24.3 Å². The molecule has 0 spiro atoms. The molecule has 1 nitrogen and oxygen atoms in total. The van der Waals surface area contributed by atoms with E-state index in [0.717, 1.165) is 12.0 Å². The first-order valence-electron chi connectivity index (χ1n) is 3.60. The standard InChI is InChI=1S/C10H7N/c11-7-8-1-3-9(4-2-8)10-5-6-10/h1-5H,6H2. The molecule has 2 rings (SSSR count). The Morgan fingerprint density at radius 1 is 1.18 bits per heavy atom. The smallest absolute Gasteiger partial charge is 0.0991 e. The first-order chi connectivity index (χ1) is 5.40. The molecule has 1 aliphatic carbocycles. The number of benzene rings is 1. The van der Waals surface area contributed by atoms with Crippen molar-refractivity contribution in [1.29, 1.82) is 5.26 Å². The predicted molar refractivity (Wildman–Crippen MR) is 43.8 cm³/mol. The van der Waals surface area contributed by atoms with Crippen LogP contribution in [0, 0.1) is 11.3 Å². The fourth-order valence-corrected chi connectivity index (χ4v) is 1.05. The predicted octanol–water partition coefficient (Wildman–Crippen LogP) is 2.35. The minimum absolute atomic E-state index is 0.731. The quantitative estimate of drug-likeness (QED) is 0.588. The number of hydrogen-bond acceptors (Lipinski definition) is 1. The zero-order chi connectivity index (χ0) is 7.68. The van der Waals surface area contributed by atoms with Crippen molar-refractivity contribution >= 4 is 5.57 Å². The lowest BCUT2D eigenvalue weighted by molar-refractivity contribution is 1.47. The molecule has 0 aromatic heterocycles. The molecule has 0 saturated carbocycles. The van der Waals surface area contributed by atoms with Crippen LogP contribution in [0.5, 0.6) is 0 Å². The largest absolute Gasteiger partial charge is 0.192 e. The molecule has 0 aliphatic heterocycles. The van der Waals surface area contributed by atoms with Gasteiger partial charge in [0.05, 0.1) is 11.6 Å². The van der Waals surface area contributed by atoms with E-state index in [1.54, 1.807) is 0 Å². The second-order valence-corrected chi connectivity index (χ2v) is 2.62. The highest BCUT2D eigenvalue weighted by Crippen LogP contribution is 2.30. The summed E-state index contributed by atoms with van der Waals surface area (Å²) in [6, 6.07) is 9.80. The zero-order valence-corrected chi connectivity index (χ0v) is 6.04. The summed E-state index contributed by atoms with van der Waals surface area (Å²) in [5.41, 5.74) is 3.38. The highest BCUT2D eigenvalue weighted by atomic mass is 14.2. The minimum Gasteiger partial charge on any atom is -0.192 e. The molecule has 0 bridgehead atoms. The molecular formula is C10H7N. The summed E-state index contributed by atoms with van der Waals surface area (Å²) >= 11 is 0. The summed E-state index contributed by atoms with van der Waals surface area (Å²) in [5.74, 6) is 0. The van der Waals surface area contributed by atoms with Gasteiger partial charge >= 0.3 is 0 Å². The van der Waals surface area contributed by atoms with E-state index < -0.39 is 0 Å². The van der Waals surface area contributed by atoms with Gasteiger partial charge in [0.15, 0.2) is 0 Å². The van der Waals surface area contributed by atoms with E-state index in [9.17, 15) is 0 Å². The van der Waals surface area contributed by atoms with Crippen LogP contribution in [0.2, 0.25) is 0 Å². The number of rotatable bonds is 1. The molecule has 0 N–H and O–H groups in total. The maximum absolute atomic E-state index is 8.52. The fraction of sp³-hybridized carbons (Fsp3) is 0.100. The van der Waals surface area contributed by atoms with Gasteiger partial charge in [0.2, 0.25) is 0 Å². The molecule has 1 aliphatic rings.